The molecule has 3 aliphatic rings. The van der Waals surface area contributed by atoms with E-state index in [4.69, 9.17) is 33.3 Å². The highest BCUT2D eigenvalue weighted by Crippen LogP contribution is 2.65. The monoisotopic (exact) mass is 892 g/mol. The molecule has 3 aliphatic heterocycles. The van der Waals surface area contributed by atoms with Gasteiger partial charge in [0.2, 0.25) is 0 Å². The molecule has 3 aromatic heterocycles. The van der Waals surface area contributed by atoms with E-state index in [2.05, 4.69) is 20.3 Å². The van der Waals surface area contributed by atoms with Crippen molar-refractivity contribution < 1.29 is 55.2 Å². The van der Waals surface area contributed by atoms with Crippen molar-refractivity contribution in [1.29, 1.82) is 0 Å². The number of nitrogens with zero attached hydrogens (tertiary/aromatic N) is 5. The van der Waals surface area contributed by atoms with Crippen LogP contribution in [0.2, 0.25) is 0 Å². The highest BCUT2D eigenvalue weighted by atomic mass is 32.7. The second kappa shape index (κ2) is 17.0. The van der Waals surface area contributed by atoms with Crippen molar-refractivity contribution in [3.8, 4) is 0 Å². The van der Waals surface area contributed by atoms with Gasteiger partial charge in [0.1, 0.15) is 36.3 Å². The third-order valence-corrected chi connectivity index (χ3v) is 14.4. The Balaban J connectivity index is 1.07. The van der Waals surface area contributed by atoms with E-state index in [-0.39, 0.29) is 35.2 Å². The zero-order chi connectivity index (χ0) is 42.3. The Bertz CT molecular complexity index is 2600. The van der Waals surface area contributed by atoms with Crippen LogP contribution >= 0.6 is 26.0 Å². The largest absolute Gasteiger partial charge is 0.472 e. The number of anilines is 1. The summed E-state index contributed by atoms with van der Waals surface area (Å²) in [6.07, 6.45) is -11.8. The summed E-state index contributed by atoms with van der Waals surface area (Å²) >= 11 is 0.611. The van der Waals surface area contributed by atoms with Gasteiger partial charge in [0.25, 0.3) is 11.5 Å². The third-order valence-electron chi connectivity index (χ3n) is 9.80. The van der Waals surface area contributed by atoms with E-state index >= 15 is 8.78 Å². The molecule has 2 unspecified atom stereocenters. The van der Waals surface area contributed by atoms with Gasteiger partial charge >= 0.3 is 20.3 Å². The Kier molecular flexibility index (Phi) is 11.9. The molecule has 0 spiro atoms. The number of hydrogen-bond donors (Lipinski definition) is 4. The van der Waals surface area contributed by atoms with Gasteiger partial charge in [-0.25, -0.2) is 37.7 Å². The first kappa shape index (κ1) is 42.0. The topological polar surface area (TPSA) is 263 Å². The maximum Gasteiger partial charge on any atom is 0.472 e. The van der Waals surface area contributed by atoms with Crippen LogP contribution in [0.4, 0.5) is 14.6 Å². The van der Waals surface area contributed by atoms with E-state index in [1.807, 2.05) is 24.0 Å². The maximum atomic E-state index is 16.4. The van der Waals surface area contributed by atoms with Crippen LogP contribution in [-0.4, -0.2) is 89.8 Å². The van der Waals surface area contributed by atoms with Crippen molar-refractivity contribution in [2.75, 3.05) is 18.9 Å². The molecule has 318 valence electrons. The minimum atomic E-state index is -5.26. The number of ether oxygens (including phenoxy) is 2. The number of hydrogen-bond acceptors (Lipinski definition) is 16. The van der Waals surface area contributed by atoms with Gasteiger partial charge < -0.3 is 25.4 Å². The van der Waals surface area contributed by atoms with Gasteiger partial charge in [0.05, 0.1) is 19.5 Å². The number of nitrogens with one attached hydrogen (secondary N) is 2. The molecular weight excluding hydrogens is 856 g/mol. The number of aromatic amines is 1. The Morgan fingerprint density at radius 1 is 0.917 bits per heavy atom. The number of halogens is 2. The number of fused-ring (bicyclic) bond motifs is 5. The number of carbonyl (C=O) groups excluding carboxylic acids is 1. The minimum absolute atomic E-state index is 0.0201. The van der Waals surface area contributed by atoms with Gasteiger partial charge in [0, 0.05) is 30.1 Å². The average molecular weight is 893 g/mol. The first-order chi connectivity index (χ1) is 28.7. The Hall–Kier alpha value is -4.67. The van der Waals surface area contributed by atoms with Crippen molar-refractivity contribution in [1.82, 2.24) is 34.4 Å². The van der Waals surface area contributed by atoms with E-state index in [0.717, 1.165) is 34.3 Å². The molecule has 0 radical (unpaired) electrons. The predicted octanol–water partition coefficient (Wildman–Crippen LogP) is 3.63. The number of aryl methyl sites for hydroxylation is 1. The van der Waals surface area contributed by atoms with Gasteiger partial charge in [-0.05, 0) is 41.6 Å². The molecule has 25 heteroatoms. The van der Waals surface area contributed by atoms with Gasteiger partial charge in [-0.15, -0.1) is 0 Å². The van der Waals surface area contributed by atoms with E-state index in [1.54, 1.807) is 36.4 Å². The Labute approximate surface area is 341 Å². The summed E-state index contributed by atoms with van der Waals surface area (Å²) in [6, 6.07) is 14.9. The fraction of sp³-hybridized carbons (Fsp3) is 0.371. The molecule has 5 aromatic rings. The predicted molar refractivity (Wildman–Crippen MR) is 208 cm³/mol. The molecular formula is C35H36F2N8O12P2S. The van der Waals surface area contributed by atoms with Crippen molar-refractivity contribution in [2.24, 2.45) is 0 Å². The molecule has 6 heterocycles. The quantitative estimate of drug-likeness (QED) is 0.162. The van der Waals surface area contributed by atoms with E-state index in [9.17, 15) is 28.4 Å². The summed E-state index contributed by atoms with van der Waals surface area (Å²) in [5, 5.41) is 2.85. The number of imidazole rings is 1. The fourth-order valence-electron chi connectivity index (χ4n) is 6.68. The minimum Gasteiger partial charge on any atom is -0.382 e. The number of amides is 1. The van der Waals surface area contributed by atoms with Crippen LogP contribution in [0.1, 0.15) is 39.5 Å². The smallest absolute Gasteiger partial charge is 0.382 e. The standard InChI is InChI=1S/C35H36F2N8O12P2S/c1-18-2-8-21(9-3-18)32(47)39-12-19-4-6-20(7-5-19)15-60-59(51)53-14-23-25(36)28(34(55-23)45-17-42-27-30(38)40-16-41-31(27)45)56-58(49,50)52-13-22-26(37)29(57-59)33(54-22)44-11-10-24(46)43-35(44)48/h2-11,16-17,22-23,25-26,28-29,33-34H,12-15H2,1H3,(H,39,47)(H,49,50)(H2,38,40,41)(H,43,46,48)/t22-,23-,25-,26-,28-,29-,33-,34-,59?/m1/s1. The fourth-order valence-corrected chi connectivity index (χ4v) is 11.0. The summed E-state index contributed by atoms with van der Waals surface area (Å²) in [7, 11) is -5.26. The number of benzene rings is 2. The van der Waals surface area contributed by atoms with Crippen LogP contribution in [0.5, 0.6) is 0 Å². The molecule has 2 aromatic carbocycles. The van der Waals surface area contributed by atoms with Gasteiger partial charge in [-0.1, -0.05) is 42.0 Å². The number of nitrogens with two attached hydrogens (primary N) is 1. The third kappa shape index (κ3) is 8.87. The molecule has 8 rings (SSSR count). The van der Waals surface area contributed by atoms with Crippen LogP contribution in [0, 0.1) is 6.92 Å². The average Bonchev–Trinajstić information content (AvgIpc) is 3.88. The summed E-state index contributed by atoms with van der Waals surface area (Å²) in [5.74, 6) is -0.349. The molecule has 3 fully saturated rings. The highest BCUT2D eigenvalue weighted by molar-refractivity contribution is 8.54. The van der Waals surface area contributed by atoms with Crippen LogP contribution in [0.3, 0.4) is 0 Å². The SMILES string of the molecule is Cc1ccc(C(=O)NCc2ccc(CSP3(=O)OC[C@H]4O[C@@H](n5cnc6c(N)ncnc65)[C@H](OP(=O)(O)OC[C@H]5O[C@@H](n6ccc(=O)[nH]c6=O)[C@H](O3)[C@@H]5F)[C@@H]4F)cc2)cc1. The Morgan fingerprint density at radius 3 is 2.27 bits per heavy atom. The molecule has 1 amide bonds. The number of H-pyrrole nitrogens is 1. The van der Waals surface area contributed by atoms with Gasteiger partial charge in [0.15, 0.2) is 36.3 Å². The molecule has 5 N–H and O–H groups in total. The van der Waals surface area contributed by atoms with Crippen molar-refractivity contribution >= 4 is 48.9 Å². The molecule has 0 saturated carbocycles. The lowest BCUT2D eigenvalue weighted by Gasteiger charge is -2.27. The molecule has 3 saturated heterocycles. The number of alkyl halides is 2. The van der Waals surface area contributed by atoms with Crippen molar-refractivity contribution in [3.63, 3.8) is 0 Å². The van der Waals surface area contributed by atoms with Crippen molar-refractivity contribution in [2.45, 2.75) is 68.4 Å². The molecule has 4 bridgehead atoms. The number of nitrogen functional groups attached to an aromatic ring is 1. The van der Waals surface area contributed by atoms with Crippen LogP contribution < -0.4 is 22.3 Å². The summed E-state index contributed by atoms with van der Waals surface area (Å²) in [4.78, 5) is 62.3. The van der Waals surface area contributed by atoms with Crippen molar-refractivity contribution in [3.05, 3.63) is 117 Å². The normalized spacial score (nSPS) is 30.9. The van der Waals surface area contributed by atoms with E-state index in [0.29, 0.717) is 22.5 Å². The first-order valence-corrected chi connectivity index (χ1v) is 22.8. The molecule has 10 atom stereocenters. The summed E-state index contributed by atoms with van der Waals surface area (Å²) in [6.45, 7) is -4.36. The van der Waals surface area contributed by atoms with Gasteiger partial charge in [-0.2, -0.15) is 0 Å². The molecule has 0 aliphatic carbocycles. The number of rotatable bonds is 8. The lowest BCUT2D eigenvalue weighted by Crippen LogP contribution is -2.38. The maximum absolute atomic E-state index is 16.4. The first-order valence-electron chi connectivity index (χ1n) is 18.2. The van der Waals surface area contributed by atoms with E-state index < -0.39 is 88.3 Å². The lowest BCUT2D eigenvalue weighted by atomic mass is 10.1. The number of aromatic nitrogens is 6. The Morgan fingerprint density at radius 2 is 1.57 bits per heavy atom. The van der Waals surface area contributed by atoms with Gasteiger partial charge in [-0.3, -0.25) is 41.8 Å². The summed E-state index contributed by atoms with van der Waals surface area (Å²) in [5.41, 5.74) is 7.12. The number of carbonyl (C=O) groups is 1. The van der Waals surface area contributed by atoms with E-state index in [1.165, 1.54) is 10.9 Å². The zero-order valence-corrected chi connectivity index (χ0v) is 33.8. The molecule has 60 heavy (non-hydrogen) atoms. The second-order valence-corrected chi connectivity index (χ2v) is 19.3. The second-order valence-electron chi connectivity index (χ2n) is 13.9. The summed E-state index contributed by atoms with van der Waals surface area (Å²) < 4.78 is 96.7. The highest BCUT2D eigenvalue weighted by Gasteiger charge is 2.55. The van der Waals surface area contributed by atoms with Crippen LogP contribution in [-0.2, 0) is 49.0 Å². The number of phosphoric ester groups is 1. The lowest BCUT2D eigenvalue weighted by molar-refractivity contribution is -0.0648. The number of phosphoric acid groups is 1. The zero-order valence-electron chi connectivity index (χ0n) is 31.2. The molecule has 20 nitrogen and oxygen atoms in total. The van der Waals surface area contributed by atoms with Crippen LogP contribution in [0.15, 0.2) is 83.0 Å². The van der Waals surface area contributed by atoms with Crippen LogP contribution in [0.25, 0.3) is 11.2 Å².